The van der Waals surface area contributed by atoms with Crippen molar-refractivity contribution in [2.45, 2.75) is 374 Å². The summed E-state index contributed by atoms with van der Waals surface area (Å²) in [6, 6.07) is 0. The third kappa shape index (κ3) is 62.4. The third-order valence-corrected chi connectivity index (χ3v) is 15.1. The first-order chi connectivity index (χ1) is 37.0. The Balaban J connectivity index is 4.06. The summed E-state index contributed by atoms with van der Waals surface area (Å²) in [7, 11) is 0. The van der Waals surface area contributed by atoms with Gasteiger partial charge in [-0.2, -0.15) is 0 Å². The molecule has 1 unspecified atom stereocenters. The highest BCUT2D eigenvalue weighted by molar-refractivity contribution is 5.71. The maximum Gasteiger partial charge on any atom is 0.306 e. The van der Waals surface area contributed by atoms with Gasteiger partial charge in [0.1, 0.15) is 13.2 Å². The quantitative estimate of drug-likeness (QED) is 0.0261. The van der Waals surface area contributed by atoms with Crippen molar-refractivity contribution in [3.8, 4) is 0 Å². The molecular weight excluding hydrogens is 925 g/mol. The van der Waals surface area contributed by atoms with E-state index in [2.05, 4.69) is 57.2 Å². The van der Waals surface area contributed by atoms with Crippen LogP contribution in [0.5, 0.6) is 0 Å². The van der Waals surface area contributed by atoms with Crippen molar-refractivity contribution < 1.29 is 28.6 Å². The lowest BCUT2D eigenvalue weighted by molar-refractivity contribution is -0.167. The number of allylic oxidation sites excluding steroid dienone is 6. The van der Waals surface area contributed by atoms with Gasteiger partial charge in [0, 0.05) is 19.3 Å². The number of hydrogen-bond acceptors (Lipinski definition) is 6. The fraction of sp³-hybridized carbons (Fsp3) is 0.870. The van der Waals surface area contributed by atoms with Crippen LogP contribution in [0, 0.1) is 0 Å². The van der Waals surface area contributed by atoms with Gasteiger partial charge in [-0.25, -0.2) is 0 Å². The minimum absolute atomic E-state index is 0.0686. The van der Waals surface area contributed by atoms with E-state index < -0.39 is 6.10 Å². The molecule has 440 valence electrons. The molecule has 0 rings (SSSR count). The van der Waals surface area contributed by atoms with Gasteiger partial charge in [-0.15, -0.1) is 0 Å². The van der Waals surface area contributed by atoms with E-state index in [0.717, 1.165) is 64.2 Å². The maximum absolute atomic E-state index is 12.9. The van der Waals surface area contributed by atoms with Crippen LogP contribution in [0.4, 0.5) is 0 Å². The summed E-state index contributed by atoms with van der Waals surface area (Å²) in [6.45, 7) is 6.64. The van der Waals surface area contributed by atoms with Crippen LogP contribution in [0.15, 0.2) is 36.5 Å². The Morgan fingerprint density at radius 3 is 0.747 bits per heavy atom. The maximum atomic E-state index is 12.9. The van der Waals surface area contributed by atoms with Crippen molar-refractivity contribution in [1.82, 2.24) is 0 Å². The van der Waals surface area contributed by atoms with Crippen LogP contribution in [0.1, 0.15) is 367 Å². The molecule has 0 radical (unpaired) electrons. The van der Waals surface area contributed by atoms with Gasteiger partial charge in [0.25, 0.3) is 0 Å². The van der Waals surface area contributed by atoms with Crippen molar-refractivity contribution >= 4 is 17.9 Å². The van der Waals surface area contributed by atoms with Gasteiger partial charge in [0.15, 0.2) is 6.10 Å². The SMILES string of the molecule is CCCCCCC/C=C\C/C=C\CCCCCCCCCCCCCC(=O)OC(COC(=O)CCCCCCCCC)COC(=O)CCCCCCCCCCCCCCCCC/C=C\CCCCCCCCCC. The number of esters is 3. The molecule has 6 nitrogen and oxygen atoms in total. The Morgan fingerprint density at radius 2 is 0.480 bits per heavy atom. The summed E-state index contributed by atoms with van der Waals surface area (Å²) < 4.78 is 16.9. The highest BCUT2D eigenvalue weighted by atomic mass is 16.6. The van der Waals surface area contributed by atoms with Crippen LogP contribution < -0.4 is 0 Å². The van der Waals surface area contributed by atoms with Gasteiger partial charge in [0.2, 0.25) is 0 Å². The van der Waals surface area contributed by atoms with E-state index in [1.54, 1.807) is 0 Å². The van der Waals surface area contributed by atoms with E-state index >= 15 is 0 Å². The van der Waals surface area contributed by atoms with E-state index in [1.807, 2.05) is 0 Å². The Bertz CT molecular complexity index is 1250. The van der Waals surface area contributed by atoms with Crippen LogP contribution in [0.2, 0.25) is 0 Å². The molecular formula is C69H128O6. The molecule has 1 atom stereocenters. The van der Waals surface area contributed by atoms with Gasteiger partial charge in [-0.3, -0.25) is 14.4 Å². The van der Waals surface area contributed by atoms with Crippen LogP contribution >= 0.6 is 0 Å². The molecule has 0 aliphatic heterocycles. The number of hydrogen-bond donors (Lipinski definition) is 0. The molecule has 0 saturated heterocycles. The average molecular weight is 1050 g/mol. The highest BCUT2D eigenvalue weighted by Crippen LogP contribution is 2.18. The zero-order valence-electron chi connectivity index (χ0n) is 50.6. The van der Waals surface area contributed by atoms with E-state index in [1.165, 1.54) is 263 Å². The van der Waals surface area contributed by atoms with E-state index in [-0.39, 0.29) is 31.1 Å². The fourth-order valence-corrected chi connectivity index (χ4v) is 10.1. The highest BCUT2D eigenvalue weighted by Gasteiger charge is 2.19. The second-order valence-electron chi connectivity index (χ2n) is 22.7. The number of rotatable bonds is 62. The van der Waals surface area contributed by atoms with Crippen molar-refractivity contribution in [2.24, 2.45) is 0 Å². The number of unbranched alkanes of at least 4 members (excludes halogenated alkanes) is 45. The monoisotopic (exact) mass is 1050 g/mol. The lowest BCUT2D eigenvalue weighted by atomic mass is 10.0. The molecule has 0 aromatic heterocycles. The number of carbonyl (C=O) groups is 3. The second-order valence-corrected chi connectivity index (χ2v) is 22.7. The summed E-state index contributed by atoms with van der Waals surface area (Å²) in [5, 5.41) is 0. The fourth-order valence-electron chi connectivity index (χ4n) is 10.1. The van der Waals surface area contributed by atoms with Crippen LogP contribution in [0.25, 0.3) is 0 Å². The minimum Gasteiger partial charge on any atom is -0.462 e. The Kier molecular flexibility index (Phi) is 62.1. The van der Waals surface area contributed by atoms with E-state index in [0.29, 0.717) is 19.3 Å². The summed E-state index contributed by atoms with van der Waals surface area (Å²) in [5.41, 5.74) is 0. The van der Waals surface area contributed by atoms with Crippen LogP contribution in [-0.2, 0) is 28.6 Å². The molecule has 0 amide bonds. The number of carbonyl (C=O) groups excluding carboxylic acids is 3. The molecule has 6 heteroatoms. The number of ether oxygens (including phenoxy) is 3. The van der Waals surface area contributed by atoms with Gasteiger partial charge >= 0.3 is 17.9 Å². The normalized spacial score (nSPS) is 12.2. The first-order valence-corrected chi connectivity index (χ1v) is 33.5. The lowest BCUT2D eigenvalue weighted by Gasteiger charge is -2.18. The zero-order valence-corrected chi connectivity index (χ0v) is 50.6. The Hall–Kier alpha value is -2.37. The molecule has 0 N–H and O–H groups in total. The average Bonchev–Trinajstić information content (AvgIpc) is 3.41. The first kappa shape index (κ1) is 72.6. The van der Waals surface area contributed by atoms with Crippen molar-refractivity contribution in [2.75, 3.05) is 13.2 Å². The van der Waals surface area contributed by atoms with Crippen molar-refractivity contribution in [3.63, 3.8) is 0 Å². The minimum atomic E-state index is -0.769. The lowest BCUT2D eigenvalue weighted by Crippen LogP contribution is -2.30. The molecule has 0 fully saturated rings. The van der Waals surface area contributed by atoms with Gasteiger partial charge in [-0.05, 0) is 77.0 Å². The van der Waals surface area contributed by atoms with Gasteiger partial charge in [0.05, 0.1) is 0 Å². The zero-order chi connectivity index (χ0) is 54.3. The van der Waals surface area contributed by atoms with E-state index in [9.17, 15) is 14.4 Å². The second kappa shape index (κ2) is 64.2. The third-order valence-electron chi connectivity index (χ3n) is 15.1. The molecule has 0 bridgehead atoms. The summed E-state index contributed by atoms with van der Waals surface area (Å²) >= 11 is 0. The predicted octanol–water partition coefficient (Wildman–Crippen LogP) is 22.8. The van der Waals surface area contributed by atoms with Crippen molar-refractivity contribution in [1.29, 1.82) is 0 Å². The predicted molar refractivity (Wildman–Crippen MR) is 326 cm³/mol. The molecule has 0 heterocycles. The molecule has 0 aromatic rings. The molecule has 0 aliphatic rings. The molecule has 75 heavy (non-hydrogen) atoms. The topological polar surface area (TPSA) is 78.9 Å². The Morgan fingerprint density at radius 1 is 0.267 bits per heavy atom. The summed E-state index contributed by atoms with van der Waals surface area (Å²) in [4.78, 5) is 38.1. The first-order valence-electron chi connectivity index (χ1n) is 33.5. The van der Waals surface area contributed by atoms with Crippen molar-refractivity contribution in [3.05, 3.63) is 36.5 Å². The van der Waals surface area contributed by atoms with E-state index in [4.69, 9.17) is 14.2 Å². The molecule has 0 saturated carbocycles. The summed E-state index contributed by atoms with van der Waals surface area (Å²) in [5.74, 6) is -0.855. The van der Waals surface area contributed by atoms with Gasteiger partial charge in [-0.1, -0.05) is 308 Å². The largest absolute Gasteiger partial charge is 0.462 e. The standard InChI is InChI=1S/C69H128O6/c1-4-7-10-13-16-18-20-22-24-26-28-30-32-33-34-35-37-38-40-42-44-46-48-50-53-56-59-62-68(71)74-65-66(64-73-67(70)61-58-55-52-15-12-9-6-3)75-69(72)63-60-57-54-51-49-47-45-43-41-39-36-31-29-27-25-23-21-19-17-14-11-8-5-2/h21,23,26-29,66H,4-20,22,24-25,30-65H2,1-3H3/b23-21-,28-26-,29-27-. The van der Waals surface area contributed by atoms with Gasteiger partial charge < -0.3 is 14.2 Å². The molecule has 0 aromatic carbocycles. The Labute approximate surface area is 467 Å². The van der Waals surface area contributed by atoms with Crippen LogP contribution in [0.3, 0.4) is 0 Å². The van der Waals surface area contributed by atoms with Crippen LogP contribution in [-0.4, -0.2) is 37.2 Å². The molecule has 0 spiro atoms. The summed E-state index contributed by atoms with van der Waals surface area (Å²) in [6.07, 6.45) is 79.1. The molecule has 0 aliphatic carbocycles. The smallest absolute Gasteiger partial charge is 0.306 e.